The van der Waals surface area contributed by atoms with E-state index in [0.717, 1.165) is 10.8 Å². The quantitative estimate of drug-likeness (QED) is 0.443. The minimum Gasteiger partial charge on any atom is -0.496 e. The molecule has 1 N–H and O–H groups in total. The number of carbonyl (C=O) groups excluding carboxylic acids is 2. The minimum atomic E-state index is -1.15. The molecule has 4 rings (SSSR count). The molecule has 0 fully saturated rings. The number of benzene rings is 3. The molecule has 1 atom stereocenters. The first kappa shape index (κ1) is 22.8. The Morgan fingerprint density at radius 2 is 1.59 bits per heavy atom. The molecule has 0 spiro atoms. The molecular formula is C26H25N3O5. The Bertz CT molecular complexity index is 1440. The third-order valence-corrected chi connectivity index (χ3v) is 5.74. The molecule has 8 heteroatoms. The van der Waals surface area contributed by atoms with Crippen molar-refractivity contribution < 1.29 is 19.1 Å². The highest BCUT2D eigenvalue weighted by atomic mass is 16.5. The van der Waals surface area contributed by atoms with Gasteiger partial charge in [0.2, 0.25) is 0 Å². The van der Waals surface area contributed by atoms with E-state index in [1.165, 1.54) is 18.7 Å². The van der Waals surface area contributed by atoms with Gasteiger partial charge in [-0.2, -0.15) is 0 Å². The molecular weight excluding hydrogens is 434 g/mol. The van der Waals surface area contributed by atoms with Crippen LogP contribution in [0.25, 0.3) is 16.5 Å². The van der Waals surface area contributed by atoms with Crippen LogP contribution in [0.2, 0.25) is 0 Å². The molecule has 1 heterocycles. The minimum absolute atomic E-state index is 0.127. The summed E-state index contributed by atoms with van der Waals surface area (Å²) < 4.78 is 13.9. The Kier molecular flexibility index (Phi) is 6.23. The maximum absolute atomic E-state index is 13.0. The van der Waals surface area contributed by atoms with Gasteiger partial charge in [0.05, 0.1) is 18.5 Å². The van der Waals surface area contributed by atoms with E-state index in [-0.39, 0.29) is 16.8 Å². The lowest BCUT2D eigenvalue weighted by Crippen LogP contribution is -2.32. The molecule has 0 radical (unpaired) electrons. The molecule has 0 aliphatic carbocycles. The molecule has 4 aromatic rings. The second-order valence-electron chi connectivity index (χ2n) is 7.87. The third kappa shape index (κ3) is 4.17. The second kappa shape index (κ2) is 9.27. The molecule has 174 valence electrons. The highest BCUT2D eigenvalue weighted by molar-refractivity contribution is 6.01. The number of para-hydroxylation sites is 1. The van der Waals surface area contributed by atoms with Crippen molar-refractivity contribution in [2.24, 2.45) is 7.05 Å². The number of hydrogen-bond donors (Lipinski definition) is 1. The van der Waals surface area contributed by atoms with Gasteiger partial charge in [0.15, 0.2) is 6.10 Å². The van der Waals surface area contributed by atoms with Crippen molar-refractivity contribution in [3.05, 3.63) is 88.3 Å². The standard InChI is InChI=1S/C26H25N3O5/c1-16-23(25(31)29(28(16)3)20-12-6-5-7-13-20)27-24(30)17(2)34-26(32)21-14-18-10-8-9-11-19(18)15-22(21)33-4/h5-15,17H,1-4H3,(H,27,30)/t17-/m0/s1. The lowest BCUT2D eigenvalue weighted by Gasteiger charge is -2.15. The fraction of sp³-hybridized carbons (Fsp3) is 0.192. The van der Waals surface area contributed by atoms with E-state index in [4.69, 9.17) is 9.47 Å². The van der Waals surface area contributed by atoms with E-state index in [9.17, 15) is 14.4 Å². The van der Waals surface area contributed by atoms with Crippen molar-refractivity contribution in [2.75, 3.05) is 12.4 Å². The number of aromatic nitrogens is 2. The maximum atomic E-state index is 13.0. The van der Waals surface area contributed by atoms with Crippen molar-refractivity contribution in [3.8, 4) is 11.4 Å². The number of hydrogen-bond acceptors (Lipinski definition) is 5. The first-order chi connectivity index (χ1) is 16.3. The topological polar surface area (TPSA) is 91.6 Å². The summed E-state index contributed by atoms with van der Waals surface area (Å²) in [6.45, 7) is 3.18. The van der Waals surface area contributed by atoms with Crippen LogP contribution in [0.5, 0.6) is 5.75 Å². The van der Waals surface area contributed by atoms with Gasteiger partial charge in [0.1, 0.15) is 17.0 Å². The van der Waals surface area contributed by atoms with Crippen molar-refractivity contribution in [3.63, 3.8) is 0 Å². The molecule has 0 unspecified atom stereocenters. The molecule has 1 aromatic heterocycles. The predicted octanol–water partition coefficient (Wildman–Crippen LogP) is 3.83. The number of carbonyl (C=O) groups is 2. The zero-order valence-corrected chi connectivity index (χ0v) is 19.4. The zero-order chi connectivity index (χ0) is 24.4. The van der Waals surface area contributed by atoms with Crippen LogP contribution in [0.15, 0.2) is 71.5 Å². The molecule has 0 aliphatic heterocycles. The summed E-state index contributed by atoms with van der Waals surface area (Å²) in [7, 11) is 3.20. The van der Waals surface area contributed by atoms with Crippen molar-refractivity contribution >= 4 is 28.3 Å². The van der Waals surface area contributed by atoms with E-state index in [1.54, 1.807) is 42.9 Å². The van der Waals surface area contributed by atoms with Crippen LogP contribution in [0, 0.1) is 6.92 Å². The fourth-order valence-electron chi connectivity index (χ4n) is 3.76. The van der Waals surface area contributed by atoms with Crippen LogP contribution < -0.4 is 15.6 Å². The summed E-state index contributed by atoms with van der Waals surface area (Å²) in [4.78, 5) is 38.7. The van der Waals surface area contributed by atoms with Gasteiger partial charge >= 0.3 is 5.97 Å². The first-order valence-corrected chi connectivity index (χ1v) is 10.7. The molecule has 8 nitrogen and oxygen atoms in total. The number of esters is 1. The number of anilines is 1. The Balaban J connectivity index is 1.55. The number of fused-ring (bicyclic) bond motifs is 1. The average molecular weight is 460 g/mol. The first-order valence-electron chi connectivity index (χ1n) is 10.7. The van der Waals surface area contributed by atoms with Gasteiger partial charge < -0.3 is 14.8 Å². The Hall–Kier alpha value is -4.33. The predicted molar refractivity (Wildman–Crippen MR) is 130 cm³/mol. The molecule has 0 saturated carbocycles. The Morgan fingerprint density at radius 3 is 2.24 bits per heavy atom. The number of rotatable bonds is 6. The Labute approximate surface area is 196 Å². The second-order valence-corrected chi connectivity index (χ2v) is 7.87. The van der Waals surface area contributed by atoms with Gasteiger partial charge in [-0.05, 0) is 48.9 Å². The summed E-state index contributed by atoms with van der Waals surface area (Å²) >= 11 is 0. The van der Waals surface area contributed by atoms with Gasteiger partial charge in [-0.3, -0.25) is 14.3 Å². The van der Waals surface area contributed by atoms with E-state index in [2.05, 4.69) is 5.32 Å². The van der Waals surface area contributed by atoms with E-state index < -0.39 is 18.0 Å². The smallest absolute Gasteiger partial charge is 0.342 e. The van der Waals surface area contributed by atoms with Crippen molar-refractivity contribution in [1.29, 1.82) is 0 Å². The number of amides is 1. The van der Waals surface area contributed by atoms with Gasteiger partial charge in [-0.25, -0.2) is 9.48 Å². The number of ether oxygens (including phenoxy) is 2. The number of nitrogens with one attached hydrogen (secondary N) is 1. The fourth-order valence-corrected chi connectivity index (χ4v) is 3.76. The highest BCUT2D eigenvalue weighted by Gasteiger charge is 2.25. The summed E-state index contributed by atoms with van der Waals surface area (Å²) in [6, 6.07) is 20.1. The summed E-state index contributed by atoms with van der Waals surface area (Å²) in [5.74, 6) is -0.961. The van der Waals surface area contributed by atoms with Gasteiger partial charge in [-0.1, -0.05) is 42.5 Å². The van der Waals surface area contributed by atoms with E-state index >= 15 is 0 Å². The molecule has 1 amide bonds. The zero-order valence-electron chi connectivity index (χ0n) is 19.4. The lowest BCUT2D eigenvalue weighted by molar-refractivity contribution is -0.123. The summed E-state index contributed by atoms with van der Waals surface area (Å²) in [5.41, 5.74) is 1.19. The van der Waals surface area contributed by atoms with Gasteiger partial charge in [0.25, 0.3) is 11.5 Å². The monoisotopic (exact) mass is 459 g/mol. The van der Waals surface area contributed by atoms with Crippen LogP contribution in [0.1, 0.15) is 23.0 Å². The Morgan fingerprint density at radius 1 is 0.971 bits per heavy atom. The largest absolute Gasteiger partial charge is 0.496 e. The maximum Gasteiger partial charge on any atom is 0.342 e. The van der Waals surface area contributed by atoms with E-state index in [1.807, 2.05) is 42.5 Å². The summed E-state index contributed by atoms with van der Waals surface area (Å²) in [6.07, 6.45) is -1.15. The molecule has 34 heavy (non-hydrogen) atoms. The van der Waals surface area contributed by atoms with Crippen LogP contribution >= 0.6 is 0 Å². The lowest BCUT2D eigenvalue weighted by atomic mass is 10.1. The average Bonchev–Trinajstić information content (AvgIpc) is 3.06. The van der Waals surface area contributed by atoms with E-state index in [0.29, 0.717) is 17.1 Å². The molecule has 0 aliphatic rings. The SMILES string of the molecule is COc1cc2ccccc2cc1C(=O)O[C@@H](C)C(=O)Nc1c(C)n(C)n(-c2ccccc2)c1=O. The highest BCUT2D eigenvalue weighted by Crippen LogP contribution is 2.27. The third-order valence-electron chi connectivity index (χ3n) is 5.74. The molecule has 3 aromatic carbocycles. The molecule has 0 bridgehead atoms. The van der Waals surface area contributed by atoms with Crippen LogP contribution in [-0.2, 0) is 16.6 Å². The van der Waals surface area contributed by atoms with Gasteiger partial charge in [-0.15, -0.1) is 0 Å². The van der Waals surface area contributed by atoms with Crippen molar-refractivity contribution in [1.82, 2.24) is 9.36 Å². The van der Waals surface area contributed by atoms with Crippen LogP contribution in [0.4, 0.5) is 5.69 Å². The van der Waals surface area contributed by atoms with Crippen LogP contribution in [0.3, 0.4) is 0 Å². The van der Waals surface area contributed by atoms with Crippen LogP contribution in [-0.4, -0.2) is 34.5 Å². The number of nitrogens with zero attached hydrogens (tertiary/aromatic N) is 2. The van der Waals surface area contributed by atoms with Crippen molar-refractivity contribution in [2.45, 2.75) is 20.0 Å². The summed E-state index contributed by atoms with van der Waals surface area (Å²) in [5, 5.41) is 4.38. The number of methoxy groups -OCH3 is 1. The van der Waals surface area contributed by atoms with Gasteiger partial charge in [0, 0.05) is 7.05 Å². The normalized spacial score (nSPS) is 11.8. The molecule has 0 saturated heterocycles.